The van der Waals surface area contributed by atoms with Crippen molar-refractivity contribution in [3.63, 3.8) is 0 Å². The van der Waals surface area contributed by atoms with Gasteiger partial charge in [0.05, 0.1) is 0 Å². The molecule has 1 aromatic carbocycles. The molecular weight excluding hydrogens is 498 g/mol. The van der Waals surface area contributed by atoms with Gasteiger partial charge in [0.1, 0.15) is 17.7 Å². The summed E-state index contributed by atoms with van der Waals surface area (Å²) in [6.07, 6.45) is 8.77. The molecule has 0 spiro atoms. The van der Waals surface area contributed by atoms with Gasteiger partial charge in [-0.2, -0.15) is 11.8 Å². The molecular formula is C30H49N3O4S. The van der Waals surface area contributed by atoms with Crippen LogP contribution in [0.1, 0.15) is 102 Å². The van der Waals surface area contributed by atoms with Crippen LogP contribution in [0.2, 0.25) is 0 Å². The molecule has 0 bridgehead atoms. The molecule has 2 unspecified atom stereocenters. The Kier molecular flexibility index (Phi) is 13.0. The van der Waals surface area contributed by atoms with E-state index in [0.29, 0.717) is 18.7 Å². The van der Waals surface area contributed by atoms with E-state index in [1.54, 1.807) is 37.4 Å². The number of rotatable bonds is 12. The van der Waals surface area contributed by atoms with Crippen molar-refractivity contribution in [1.82, 2.24) is 15.5 Å². The number of carbonyl (C=O) groups excluding carboxylic acids is 3. The highest BCUT2D eigenvalue weighted by atomic mass is 32.2. The summed E-state index contributed by atoms with van der Waals surface area (Å²) >= 11 is 1.61. The highest BCUT2D eigenvalue weighted by molar-refractivity contribution is 7.98. The second-order valence-corrected chi connectivity index (χ2v) is 12.4. The van der Waals surface area contributed by atoms with Gasteiger partial charge in [-0.3, -0.25) is 9.59 Å². The Hall–Kier alpha value is -2.22. The number of thioether (sulfide) groups is 1. The predicted octanol–water partition coefficient (Wildman–Crippen LogP) is 6.07. The minimum Gasteiger partial charge on any atom is -0.444 e. The van der Waals surface area contributed by atoms with E-state index in [9.17, 15) is 14.4 Å². The molecule has 7 nitrogen and oxygen atoms in total. The van der Waals surface area contributed by atoms with Crippen LogP contribution < -0.4 is 10.6 Å². The highest BCUT2D eigenvalue weighted by Gasteiger charge is 2.38. The summed E-state index contributed by atoms with van der Waals surface area (Å²) in [5.74, 6) is 0.306. The molecule has 1 saturated carbocycles. The summed E-state index contributed by atoms with van der Waals surface area (Å²) in [4.78, 5) is 42.7. The molecule has 38 heavy (non-hydrogen) atoms. The fourth-order valence-electron chi connectivity index (χ4n) is 5.05. The van der Waals surface area contributed by atoms with E-state index >= 15 is 0 Å². The molecule has 2 N–H and O–H groups in total. The summed E-state index contributed by atoms with van der Waals surface area (Å²) in [5.41, 5.74) is 2.14. The fraction of sp³-hybridized carbons (Fsp3) is 0.700. The molecule has 8 heteroatoms. The van der Waals surface area contributed by atoms with Gasteiger partial charge in [0.15, 0.2) is 0 Å². The first-order valence-corrected chi connectivity index (χ1v) is 15.5. The lowest BCUT2D eigenvalue weighted by atomic mass is 9.91. The van der Waals surface area contributed by atoms with Gasteiger partial charge >= 0.3 is 6.09 Å². The van der Waals surface area contributed by atoms with Crippen molar-refractivity contribution in [2.75, 3.05) is 18.6 Å². The molecule has 2 atom stereocenters. The van der Waals surface area contributed by atoms with Crippen LogP contribution in [0.3, 0.4) is 0 Å². The third-order valence-corrected chi connectivity index (χ3v) is 7.61. The molecule has 1 fully saturated rings. The Morgan fingerprint density at radius 2 is 1.74 bits per heavy atom. The van der Waals surface area contributed by atoms with E-state index in [2.05, 4.69) is 17.6 Å². The van der Waals surface area contributed by atoms with Crippen molar-refractivity contribution < 1.29 is 19.1 Å². The zero-order chi connectivity index (χ0) is 28.3. The molecule has 3 amide bonds. The topological polar surface area (TPSA) is 87.7 Å². The molecule has 1 aromatic rings. The van der Waals surface area contributed by atoms with Gasteiger partial charge in [0, 0.05) is 12.6 Å². The summed E-state index contributed by atoms with van der Waals surface area (Å²) in [5, 5.41) is 6.11. The quantitative estimate of drug-likeness (QED) is 0.332. The molecule has 0 radical (unpaired) electrons. The number of hydrogen-bond acceptors (Lipinski definition) is 5. The van der Waals surface area contributed by atoms with E-state index in [0.717, 1.165) is 55.2 Å². The number of ether oxygens (including phenoxy) is 1. The Morgan fingerprint density at radius 1 is 1.11 bits per heavy atom. The van der Waals surface area contributed by atoms with Gasteiger partial charge in [-0.15, -0.1) is 0 Å². The van der Waals surface area contributed by atoms with Crippen molar-refractivity contribution in [2.24, 2.45) is 0 Å². The van der Waals surface area contributed by atoms with Gasteiger partial charge in [-0.05, 0) is 89.0 Å². The van der Waals surface area contributed by atoms with Crippen molar-refractivity contribution in [3.05, 3.63) is 34.9 Å². The smallest absolute Gasteiger partial charge is 0.408 e. The zero-order valence-corrected chi connectivity index (χ0v) is 25.3. The molecule has 0 heterocycles. The molecule has 214 valence electrons. The normalized spacial score (nSPS) is 15.9. The number of nitrogens with one attached hydrogen (secondary N) is 2. The van der Waals surface area contributed by atoms with Crippen LogP contribution in [0.5, 0.6) is 0 Å². The van der Waals surface area contributed by atoms with Crippen LogP contribution in [0.15, 0.2) is 18.2 Å². The van der Waals surface area contributed by atoms with Gasteiger partial charge in [0.25, 0.3) is 0 Å². The number of benzene rings is 1. The maximum atomic E-state index is 14.3. The maximum absolute atomic E-state index is 14.3. The summed E-state index contributed by atoms with van der Waals surface area (Å²) in [7, 11) is 0. The van der Waals surface area contributed by atoms with Crippen LogP contribution in [0.25, 0.3) is 0 Å². The summed E-state index contributed by atoms with van der Waals surface area (Å²) < 4.78 is 5.48. The number of amides is 3. The average Bonchev–Trinajstić information content (AvgIpc) is 2.84. The number of carbonyl (C=O) groups is 3. The Bertz CT molecular complexity index is 904. The zero-order valence-electron chi connectivity index (χ0n) is 24.5. The van der Waals surface area contributed by atoms with Crippen molar-refractivity contribution in [1.29, 1.82) is 0 Å². The number of unbranched alkanes of at least 4 members (excludes halogenated alkanes) is 1. The van der Waals surface area contributed by atoms with Crippen molar-refractivity contribution in [2.45, 2.75) is 117 Å². The van der Waals surface area contributed by atoms with Crippen molar-refractivity contribution in [3.8, 4) is 0 Å². The van der Waals surface area contributed by atoms with Gasteiger partial charge in [0.2, 0.25) is 11.8 Å². The summed E-state index contributed by atoms with van der Waals surface area (Å²) in [6.45, 7) is 11.9. The van der Waals surface area contributed by atoms with E-state index in [1.807, 2.05) is 38.3 Å². The SMILES string of the molecule is CCCCN(C(=O)C(CCSC)NC(=O)OC(C)(C)C)C(C(=O)NC1CCCCC1)c1c(C)cccc1C. The first-order valence-electron chi connectivity index (χ1n) is 14.1. The number of nitrogens with zero attached hydrogens (tertiary/aromatic N) is 1. The van der Waals surface area contributed by atoms with Crippen LogP contribution in [-0.2, 0) is 14.3 Å². The third kappa shape index (κ3) is 9.83. The molecule has 1 aliphatic rings. The van der Waals surface area contributed by atoms with E-state index < -0.39 is 23.8 Å². The lowest BCUT2D eigenvalue weighted by Gasteiger charge is -2.37. The van der Waals surface area contributed by atoms with Crippen LogP contribution >= 0.6 is 11.8 Å². The molecule has 0 saturated heterocycles. The number of hydrogen-bond donors (Lipinski definition) is 2. The number of alkyl carbamates (subject to hydrolysis) is 1. The first-order chi connectivity index (χ1) is 18.0. The van der Waals surface area contributed by atoms with E-state index in [-0.39, 0.29) is 17.9 Å². The second-order valence-electron chi connectivity index (χ2n) is 11.4. The standard InChI is InChI=1S/C30H49N3O4S/c1-8-9-19-33(28(35)24(18-20-38-7)32-29(36)37-30(4,5)6)26(25-21(2)14-13-15-22(25)3)27(34)31-23-16-11-10-12-17-23/h13-15,23-24,26H,8-12,16-20H2,1-7H3,(H,31,34)(H,32,36). The first kappa shape index (κ1) is 32.0. The van der Waals surface area contributed by atoms with E-state index in [4.69, 9.17) is 4.74 Å². The van der Waals surface area contributed by atoms with Gasteiger partial charge < -0.3 is 20.3 Å². The second kappa shape index (κ2) is 15.4. The monoisotopic (exact) mass is 547 g/mol. The Morgan fingerprint density at radius 3 is 2.29 bits per heavy atom. The number of aryl methyl sites for hydroxylation is 2. The van der Waals surface area contributed by atoms with Crippen LogP contribution in [0.4, 0.5) is 4.79 Å². The molecule has 0 aliphatic heterocycles. The predicted molar refractivity (Wildman–Crippen MR) is 156 cm³/mol. The molecule has 2 rings (SSSR count). The van der Waals surface area contributed by atoms with Crippen molar-refractivity contribution >= 4 is 29.7 Å². The van der Waals surface area contributed by atoms with Crippen LogP contribution in [-0.4, -0.2) is 59.0 Å². The molecule has 0 aromatic heterocycles. The minimum atomic E-state index is -0.788. The average molecular weight is 548 g/mol. The Balaban J connectivity index is 2.50. The minimum absolute atomic E-state index is 0.123. The van der Waals surface area contributed by atoms with Gasteiger partial charge in [-0.25, -0.2) is 4.79 Å². The Labute approximate surface area is 234 Å². The third-order valence-electron chi connectivity index (χ3n) is 6.96. The summed E-state index contributed by atoms with van der Waals surface area (Å²) in [6, 6.07) is 4.54. The van der Waals surface area contributed by atoms with Crippen LogP contribution in [0, 0.1) is 13.8 Å². The lowest BCUT2D eigenvalue weighted by molar-refractivity contribution is -0.143. The maximum Gasteiger partial charge on any atom is 0.408 e. The van der Waals surface area contributed by atoms with E-state index in [1.165, 1.54) is 6.42 Å². The highest BCUT2D eigenvalue weighted by Crippen LogP contribution is 2.30. The van der Waals surface area contributed by atoms with Gasteiger partial charge in [-0.1, -0.05) is 50.8 Å². The largest absolute Gasteiger partial charge is 0.444 e. The fourth-order valence-corrected chi connectivity index (χ4v) is 5.52. The molecule has 1 aliphatic carbocycles. The lowest BCUT2D eigenvalue weighted by Crippen LogP contribution is -2.54.